The Balaban J connectivity index is 1.72. The molecule has 138 valence electrons. The van der Waals surface area contributed by atoms with Crippen molar-refractivity contribution < 1.29 is 4.79 Å². The predicted molar refractivity (Wildman–Crippen MR) is 108 cm³/mol. The first-order valence-electron chi connectivity index (χ1n) is 9.74. The normalized spacial score (nSPS) is 22.5. The van der Waals surface area contributed by atoms with E-state index in [4.69, 9.17) is 4.98 Å². The van der Waals surface area contributed by atoms with Crippen LogP contribution in [0.2, 0.25) is 0 Å². The Hall–Kier alpha value is -2.75. The van der Waals surface area contributed by atoms with Gasteiger partial charge >= 0.3 is 0 Å². The third kappa shape index (κ3) is 3.57. The molecule has 2 heterocycles. The van der Waals surface area contributed by atoms with Crippen molar-refractivity contribution in [1.29, 1.82) is 0 Å². The van der Waals surface area contributed by atoms with Crippen molar-refractivity contribution in [3.63, 3.8) is 0 Å². The van der Waals surface area contributed by atoms with Gasteiger partial charge < -0.3 is 5.32 Å². The number of rotatable bonds is 3. The molecule has 3 atom stereocenters. The van der Waals surface area contributed by atoms with Gasteiger partial charge in [-0.15, -0.1) is 0 Å². The summed E-state index contributed by atoms with van der Waals surface area (Å²) in [5.74, 6) is 1.14. The quantitative estimate of drug-likeness (QED) is 0.727. The highest BCUT2D eigenvalue weighted by Gasteiger charge is 2.28. The van der Waals surface area contributed by atoms with Crippen LogP contribution in [0.1, 0.15) is 43.5 Å². The van der Waals surface area contributed by atoms with Crippen LogP contribution in [0.3, 0.4) is 0 Å². The number of carbonyl (C=O) groups is 1. The first kappa shape index (κ1) is 17.7. The molecule has 4 nitrogen and oxygen atoms in total. The SMILES string of the molecule is C[C@H]1[C@H](C)CCC[C@H]1NC(=O)c1cc(-c2ccncc2)nc2ccccc12. The van der Waals surface area contributed by atoms with Crippen molar-refractivity contribution in [3.8, 4) is 11.3 Å². The average molecular weight is 359 g/mol. The van der Waals surface area contributed by atoms with E-state index in [0.29, 0.717) is 17.4 Å². The number of nitrogens with one attached hydrogen (secondary N) is 1. The Bertz CT molecular complexity index is 954. The molecule has 4 rings (SSSR count). The second-order valence-corrected chi connectivity index (χ2v) is 7.66. The number of nitrogens with zero attached hydrogens (tertiary/aromatic N) is 2. The van der Waals surface area contributed by atoms with Gasteiger partial charge in [0.2, 0.25) is 0 Å². The van der Waals surface area contributed by atoms with Gasteiger partial charge in [-0.2, -0.15) is 0 Å². The monoisotopic (exact) mass is 359 g/mol. The van der Waals surface area contributed by atoms with Crippen molar-refractivity contribution in [3.05, 3.63) is 60.4 Å². The zero-order chi connectivity index (χ0) is 18.8. The van der Waals surface area contributed by atoms with Gasteiger partial charge in [-0.3, -0.25) is 9.78 Å². The topological polar surface area (TPSA) is 54.9 Å². The maximum Gasteiger partial charge on any atom is 0.252 e. The van der Waals surface area contributed by atoms with Crippen molar-refractivity contribution >= 4 is 16.8 Å². The zero-order valence-electron chi connectivity index (χ0n) is 15.9. The van der Waals surface area contributed by atoms with Gasteiger partial charge in [0.05, 0.1) is 16.8 Å². The first-order valence-corrected chi connectivity index (χ1v) is 9.74. The molecule has 27 heavy (non-hydrogen) atoms. The molecule has 2 aromatic heterocycles. The third-order valence-electron chi connectivity index (χ3n) is 5.96. The molecule has 1 amide bonds. The van der Waals surface area contributed by atoms with Crippen LogP contribution in [-0.2, 0) is 0 Å². The van der Waals surface area contributed by atoms with Crippen LogP contribution < -0.4 is 5.32 Å². The second kappa shape index (κ2) is 7.47. The smallest absolute Gasteiger partial charge is 0.252 e. The molecular weight excluding hydrogens is 334 g/mol. The van der Waals surface area contributed by atoms with E-state index in [1.54, 1.807) is 12.4 Å². The van der Waals surface area contributed by atoms with Gasteiger partial charge in [-0.25, -0.2) is 4.98 Å². The van der Waals surface area contributed by atoms with E-state index >= 15 is 0 Å². The summed E-state index contributed by atoms with van der Waals surface area (Å²) in [4.78, 5) is 22.0. The molecule has 1 aliphatic rings. The highest BCUT2D eigenvalue weighted by molar-refractivity contribution is 6.07. The second-order valence-electron chi connectivity index (χ2n) is 7.66. The van der Waals surface area contributed by atoms with Gasteiger partial charge in [0.25, 0.3) is 5.91 Å². The highest BCUT2D eigenvalue weighted by Crippen LogP contribution is 2.30. The molecule has 1 aromatic carbocycles. The van der Waals surface area contributed by atoms with Crippen LogP contribution in [0.5, 0.6) is 0 Å². The van der Waals surface area contributed by atoms with Crippen molar-refractivity contribution in [2.24, 2.45) is 11.8 Å². The van der Waals surface area contributed by atoms with Gasteiger partial charge in [-0.05, 0) is 42.5 Å². The Labute approximate surface area is 160 Å². The van der Waals surface area contributed by atoms with Crippen LogP contribution >= 0.6 is 0 Å². The summed E-state index contributed by atoms with van der Waals surface area (Å²) in [6, 6.07) is 13.8. The number of aromatic nitrogens is 2. The summed E-state index contributed by atoms with van der Waals surface area (Å²) < 4.78 is 0. The maximum atomic E-state index is 13.2. The molecule has 1 saturated carbocycles. The molecule has 1 fully saturated rings. The minimum absolute atomic E-state index is 0.00476. The molecule has 0 bridgehead atoms. The van der Waals surface area contributed by atoms with E-state index in [2.05, 4.69) is 24.1 Å². The Morgan fingerprint density at radius 1 is 1.07 bits per heavy atom. The Morgan fingerprint density at radius 2 is 1.85 bits per heavy atom. The van der Waals surface area contributed by atoms with Crippen LogP contribution in [0.25, 0.3) is 22.2 Å². The van der Waals surface area contributed by atoms with Crippen LogP contribution in [0.15, 0.2) is 54.9 Å². The average Bonchev–Trinajstić information content (AvgIpc) is 2.71. The van der Waals surface area contributed by atoms with Crippen molar-refractivity contribution in [2.45, 2.75) is 39.2 Å². The van der Waals surface area contributed by atoms with E-state index < -0.39 is 0 Å². The number of para-hydroxylation sites is 1. The number of carbonyl (C=O) groups excluding carboxylic acids is 1. The Morgan fingerprint density at radius 3 is 2.67 bits per heavy atom. The van der Waals surface area contributed by atoms with Crippen LogP contribution in [0.4, 0.5) is 0 Å². The van der Waals surface area contributed by atoms with Gasteiger partial charge in [-0.1, -0.05) is 44.9 Å². The van der Waals surface area contributed by atoms with E-state index in [9.17, 15) is 4.79 Å². The van der Waals surface area contributed by atoms with Gasteiger partial charge in [0.15, 0.2) is 0 Å². The minimum atomic E-state index is -0.00476. The van der Waals surface area contributed by atoms with Crippen molar-refractivity contribution in [2.75, 3.05) is 0 Å². The lowest BCUT2D eigenvalue weighted by Gasteiger charge is -2.34. The molecule has 1 aliphatic carbocycles. The fourth-order valence-corrected chi connectivity index (χ4v) is 4.07. The molecule has 4 heteroatoms. The fraction of sp³-hybridized carbons (Fsp3) is 0.348. The molecular formula is C23H25N3O. The summed E-state index contributed by atoms with van der Waals surface area (Å²) in [6.07, 6.45) is 6.97. The summed E-state index contributed by atoms with van der Waals surface area (Å²) in [5, 5.41) is 4.20. The number of hydrogen-bond acceptors (Lipinski definition) is 3. The Kier molecular flexibility index (Phi) is 4.88. The summed E-state index contributed by atoms with van der Waals surface area (Å²) >= 11 is 0. The first-order chi connectivity index (χ1) is 13.1. The summed E-state index contributed by atoms with van der Waals surface area (Å²) in [7, 11) is 0. The summed E-state index contributed by atoms with van der Waals surface area (Å²) in [6.45, 7) is 4.54. The van der Waals surface area contributed by atoms with Gasteiger partial charge in [0, 0.05) is 29.4 Å². The van der Waals surface area contributed by atoms with Crippen LogP contribution in [0, 0.1) is 11.8 Å². The number of fused-ring (bicyclic) bond motifs is 1. The number of pyridine rings is 2. The lowest BCUT2D eigenvalue weighted by molar-refractivity contribution is 0.0892. The van der Waals surface area contributed by atoms with Crippen molar-refractivity contribution in [1.82, 2.24) is 15.3 Å². The number of hydrogen-bond donors (Lipinski definition) is 1. The third-order valence-corrected chi connectivity index (χ3v) is 5.96. The maximum absolute atomic E-state index is 13.2. The predicted octanol–water partition coefficient (Wildman–Crippen LogP) is 4.85. The molecule has 3 aromatic rings. The van der Waals surface area contributed by atoms with E-state index in [1.165, 1.54) is 12.8 Å². The fourth-order valence-electron chi connectivity index (χ4n) is 4.07. The van der Waals surface area contributed by atoms with Crippen LogP contribution in [-0.4, -0.2) is 21.9 Å². The largest absolute Gasteiger partial charge is 0.349 e. The lowest BCUT2D eigenvalue weighted by atomic mass is 9.78. The standard InChI is InChI=1S/C23H25N3O/c1-15-6-5-9-20(16(15)2)26-23(27)19-14-22(17-10-12-24-13-11-17)25-21-8-4-3-7-18(19)21/h3-4,7-8,10-16,20H,5-6,9H2,1-2H3,(H,26,27)/t15-,16+,20-/m1/s1. The minimum Gasteiger partial charge on any atom is -0.349 e. The molecule has 0 saturated heterocycles. The molecule has 1 N–H and O–H groups in total. The lowest BCUT2D eigenvalue weighted by Crippen LogP contribution is -2.43. The number of benzene rings is 1. The molecule has 0 spiro atoms. The van der Waals surface area contributed by atoms with Gasteiger partial charge in [0.1, 0.15) is 0 Å². The zero-order valence-corrected chi connectivity index (χ0v) is 15.9. The summed E-state index contributed by atoms with van der Waals surface area (Å²) in [5.41, 5.74) is 3.29. The molecule has 0 radical (unpaired) electrons. The highest BCUT2D eigenvalue weighted by atomic mass is 16.1. The van der Waals surface area contributed by atoms with E-state index in [1.807, 2.05) is 42.5 Å². The molecule has 0 aliphatic heterocycles. The molecule has 0 unspecified atom stereocenters. The van der Waals surface area contributed by atoms with E-state index in [0.717, 1.165) is 28.6 Å². The number of amides is 1. The van der Waals surface area contributed by atoms with E-state index in [-0.39, 0.29) is 11.9 Å².